The lowest BCUT2D eigenvalue weighted by molar-refractivity contribution is -0.141. The molecule has 12 nitrogen and oxygen atoms in total. The van der Waals surface area contributed by atoms with Gasteiger partial charge < -0.3 is 30.0 Å². The Hall–Kier alpha value is -5.75. The van der Waals surface area contributed by atoms with Gasteiger partial charge in [0.15, 0.2) is 0 Å². The molecular formula is C40H43N7O5. The molecule has 0 spiro atoms. The van der Waals surface area contributed by atoms with Crippen molar-refractivity contribution in [2.24, 2.45) is 0 Å². The molecule has 12 heteroatoms. The molecule has 4 heterocycles. The Morgan fingerprint density at radius 2 is 1.21 bits per heavy atom. The second kappa shape index (κ2) is 14.8. The predicted octanol–water partition coefficient (Wildman–Crippen LogP) is 6.58. The number of likely N-dealkylation sites (N-methyl/N-ethyl adjacent to an activating group) is 1. The predicted molar refractivity (Wildman–Crippen MR) is 196 cm³/mol. The standard InChI is InChI=1S/C40H43N7O5/c1-3-34(48)38(49)46-21-7-11-32(46)36-41-23-30(43-36)27-17-13-25(14-18-27)26-15-19-28(20-16-26)31-24-42-37(44-31)33-12-8-22-47(33)39(50)35(45(2)40(51)52)29-9-5-4-6-10-29/h4-6,9-10,13-20,23-24,32-35,48H,3,7-8,11-12,21-22H2,1-2H3,(H,41,43)(H,42,44)(H,51,52)/t32-,33-,34+,35+/m0/s1. The van der Waals surface area contributed by atoms with Gasteiger partial charge in [0.25, 0.3) is 11.8 Å². The number of likely N-dealkylation sites (tertiary alicyclic amines) is 2. The summed E-state index contributed by atoms with van der Waals surface area (Å²) in [7, 11) is 1.43. The molecule has 268 valence electrons. The maximum Gasteiger partial charge on any atom is 0.407 e. The van der Waals surface area contributed by atoms with E-state index in [2.05, 4.69) is 44.2 Å². The van der Waals surface area contributed by atoms with Crippen LogP contribution in [-0.4, -0.2) is 89.0 Å². The van der Waals surface area contributed by atoms with Gasteiger partial charge in [-0.25, -0.2) is 14.8 Å². The first-order valence-corrected chi connectivity index (χ1v) is 17.8. The van der Waals surface area contributed by atoms with E-state index in [-0.39, 0.29) is 23.9 Å². The number of aromatic nitrogens is 4. The van der Waals surface area contributed by atoms with Crippen LogP contribution in [-0.2, 0) is 9.59 Å². The average Bonchev–Trinajstić information content (AvgIpc) is 4.01. The van der Waals surface area contributed by atoms with Crippen molar-refractivity contribution in [2.45, 2.75) is 63.3 Å². The van der Waals surface area contributed by atoms with Gasteiger partial charge in [0, 0.05) is 20.1 Å². The van der Waals surface area contributed by atoms with Crippen molar-refractivity contribution < 1.29 is 24.6 Å². The van der Waals surface area contributed by atoms with Gasteiger partial charge in [-0.05, 0) is 59.9 Å². The molecule has 2 fully saturated rings. The van der Waals surface area contributed by atoms with Crippen molar-refractivity contribution in [3.8, 4) is 33.6 Å². The van der Waals surface area contributed by atoms with Crippen LogP contribution >= 0.6 is 0 Å². The molecule has 0 radical (unpaired) electrons. The maximum atomic E-state index is 13.9. The number of imidazole rings is 2. The molecule has 2 aliphatic heterocycles. The number of carbonyl (C=O) groups excluding carboxylic acids is 2. The van der Waals surface area contributed by atoms with Crippen LogP contribution < -0.4 is 0 Å². The third-order valence-electron chi connectivity index (χ3n) is 10.3. The summed E-state index contributed by atoms with van der Waals surface area (Å²) < 4.78 is 0. The fraction of sp³-hybridized carbons (Fsp3) is 0.325. The van der Waals surface area contributed by atoms with Crippen LogP contribution in [0.25, 0.3) is 33.6 Å². The Kier molecular flexibility index (Phi) is 9.90. The molecule has 3 aromatic carbocycles. The van der Waals surface area contributed by atoms with E-state index >= 15 is 0 Å². The number of hydrogen-bond acceptors (Lipinski definition) is 6. The van der Waals surface area contributed by atoms with E-state index in [9.17, 15) is 24.6 Å². The Labute approximate surface area is 302 Å². The first-order chi connectivity index (χ1) is 25.2. The van der Waals surface area contributed by atoms with Gasteiger partial charge >= 0.3 is 6.09 Å². The van der Waals surface area contributed by atoms with Gasteiger partial charge in [0.1, 0.15) is 23.8 Å². The molecule has 2 aromatic heterocycles. The summed E-state index contributed by atoms with van der Waals surface area (Å²) >= 11 is 0. The average molecular weight is 702 g/mol. The van der Waals surface area contributed by atoms with Crippen LogP contribution in [0, 0.1) is 0 Å². The molecule has 4 atom stereocenters. The van der Waals surface area contributed by atoms with Crippen molar-refractivity contribution in [2.75, 3.05) is 20.1 Å². The number of nitrogens with zero attached hydrogens (tertiary/aromatic N) is 5. The summed E-state index contributed by atoms with van der Waals surface area (Å²) in [6.07, 6.45) is 5.03. The van der Waals surface area contributed by atoms with Crippen molar-refractivity contribution in [3.63, 3.8) is 0 Å². The van der Waals surface area contributed by atoms with Gasteiger partial charge in [0.05, 0.1) is 35.9 Å². The Balaban J connectivity index is 1.03. The van der Waals surface area contributed by atoms with Crippen LogP contribution in [0.15, 0.2) is 91.3 Å². The molecule has 0 unspecified atom stereocenters. The number of nitrogens with one attached hydrogen (secondary N) is 2. The van der Waals surface area contributed by atoms with Crippen molar-refractivity contribution >= 4 is 17.9 Å². The fourth-order valence-corrected chi connectivity index (χ4v) is 7.42. The number of hydrogen-bond donors (Lipinski definition) is 4. The highest BCUT2D eigenvalue weighted by Gasteiger charge is 2.39. The number of rotatable bonds is 10. The molecule has 0 saturated carbocycles. The first-order valence-electron chi connectivity index (χ1n) is 17.8. The Morgan fingerprint density at radius 3 is 1.67 bits per heavy atom. The third kappa shape index (κ3) is 6.81. The molecule has 0 aliphatic carbocycles. The Bertz CT molecular complexity index is 2020. The normalized spacial score (nSPS) is 18.4. The van der Waals surface area contributed by atoms with E-state index in [1.54, 1.807) is 53.4 Å². The van der Waals surface area contributed by atoms with E-state index in [0.717, 1.165) is 70.0 Å². The minimum atomic E-state index is -1.17. The number of benzene rings is 3. The number of aliphatic hydroxyl groups excluding tert-OH is 1. The lowest BCUT2D eigenvalue weighted by atomic mass is 10.0. The Morgan fingerprint density at radius 1 is 0.750 bits per heavy atom. The van der Waals surface area contributed by atoms with E-state index in [0.29, 0.717) is 30.9 Å². The second-order valence-electron chi connectivity index (χ2n) is 13.5. The van der Waals surface area contributed by atoms with Crippen molar-refractivity contribution in [3.05, 3.63) is 108 Å². The first kappa shape index (κ1) is 34.7. The number of aromatic amines is 2. The zero-order valence-electron chi connectivity index (χ0n) is 29.3. The van der Waals surface area contributed by atoms with E-state index in [1.807, 2.05) is 30.3 Å². The molecule has 0 bridgehead atoms. The topological polar surface area (TPSA) is 159 Å². The number of amides is 3. The number of aliphatic hydroxyl groups is 1. The molecule has 4 N–H and O–H groups in total. The van der Waals surface area contributed by atoms with Gasteiger partial charge in [-0.15, -0.1) is 0 Å². The molecule has 7 rings (SSSR count). The van der Waals surface area contributed by atoms with Crippen LogP contribution in [0.2, 0.25) is 0 Å². The lowest BCUT2D eigenvalue weighted by Crippen LogP contribution is -2.43. The summed E-state index contributed by atoms with van der Waals surface area (Å²) in [6.45, 7) is 2.95. The van der Waals surface area contributed by atoms with Crippen LogP contribution in [0.3, 0.4) is 0 Å². The largest absolute Gasteiger partial charge is 0.465 e. The molecule has 52 heavy (non-hydrogen) atoms. The van der Waals surface area contributed by atoms with Crippen LogP contribution in [0.1, 0.15) is 74.4 Å². The summed E-state index contributed by atoms with van der Waals surface area (Å²) in [5.41, 5.74) is 6.38. The van der Waals surface area contributed by atoms with E-state index < -0.39 is 18.2 Å². The van der Waals surface area contributed by atoms with Gasteiger partial charge in [-0.1, -0.05) is 85.8 Å². The van der Waals surface area contributed by atoms with E-state index in [4.69, 9.17) is 0 Å². The van der Waals surface area contributed by atoms with Crippen molar-refractivity contribution in [1.29, 1.82) is 0 Å². The fourth-order valence-electron chi connectivity index (χ4n) is 7.42. The van der Waals surface area contributed by atoms with Crippen LogP contribution in [0.5, 0.6) is 0 Å². The van der Waals surface area contributed by atoms with Crippen LogP contribution in [0.4, 0.5) is 4.79 Å². The highest BCUT2D eigenvalue weighted by atomic mass is 16.4. The van der Waals surface area contributed by atoms with Gasteiger partial charge in [-0.2, -0.15) is 0 Å². The highest BCUT2D eigenvalue weighted by Crippen LogP contribution is 2.36. The van der Waals surface area contributed by atoms with E-state index in [1.165, 1.54) is 7.05 Å². The number of H-pyrrole nitrogens is 2. The summed E-state index contributed by atoms with van der Waals surface area (Å²) in [4.78, 5) is 59.2. The quantitative estimate of drug-likeness (QED) is 0.128. The SMILES string of the molecule is CC[C@@H](O)C(=O)N1CCC[C@H]1c1ncc(-c2ccc(-c3ccc(-c4cnc([C@@H]5CCCN5C(=O)[C@@H](c5ccccc5)N(C)C(=O)O)[nH]4)cc3)cc2)[nH]1. The molecular weight excluding hydrogens is 658 g/mol. The maximum absolute atomic E-state index is 13.9. The molecule has 5 aromatic rings. The number of carboxylic acid groups (broad SMARTS) is 1. The summed E-state index contributed by atoms with van der Waals surface area (Å²) in [5, 5.41) is 19.9. The minimum Gasteiger partial charge on any atom is -0.465 e. The monoisotopic (exact) mass is 701 g/mol. The molecule has 2 aliphatic rings. The molecule has 3 amide bonds. The summed E-state index contributed by atoms with van der Waals surface area (Å²) in [6, 6.07) is 24.0. The second-order valence-corrected chi connectivity index (χ2v) is 13.5. The zero-order chi connectivity index (χ0) is 36.4. The summed E-state index contributed by atoms with van der Waals surface area (Å²) in [5.74, 6) is 0.914. The highest BCUT2D eigenvalue weighted by molar-refractivity contribution is 5.87. The number of carbonyl (C=O) groups is 3. The zero-order valence-corrected chi connectivity index (χ0v) is 29.3. The van der Waals surface area contributed by atoms with Crippen molar-refractivity contribution in [1.82, 2.24) is 34.6 Å². The lowest BCUT2D eigenvalue weighted by Gasteiger charge is -2.32. The molecule has 2 saturated heterocycles. The third-order valence-corrected chi connectivity index (χ3v) is 10.3. The van der Waals surface area contributed by atoms with Gasteiger partial charge in [0.2, 0.25) is 0 Å². The smallest absolute Gasteiger partial charge is 0.407 e. The minimum absolute atomic E-state index is 0.163. The van der Waals surface area contributed by atoms with Gasteiger partial charge in [-0.3, -0.25) is 14.5 Å².